The van der Waals surface area contributed by atoms with E-state index in [1.54, 1.807) is 0 Å². The number of nitrogens with zero attached hydrogens (tertiary/aromatic N) is 3. The number of benzene rings is 1. The van der Waals surface area contributed by atoms with Crippen molar-refractivity contribution in [3.63, 3.8) is 0 Å². The number of rotatable bonds is 5. The Kier molecular flexibility index (Phi) is 5.33. The Morgan fingerprint density at radius 3 is 2.55 bits per heavy atom. The lowest BCUT2D eigenvalue weighted by Crippen LogP contribution is -2.58. The van der Waals surface area contributed by atoms with Gasteiger partial charge >= 0.3 is 6.18 Å². The second-order valence-corrected chi connectivity index (χ2v) is 7.19. The number of nitrogens with one attached hydrogen (secondary N) is 2. The van der Waals surface area contributed by atoms with E-state index in [1.807, 2.05) is 0 Å². The summed E-state index contributed by atoms with van der Waals surface area (Å²) < 4.78 is 64.5. The zero-order chi connectivity index (χ0) is 22.3. The van der Waals surface area contributed by atoms with Gasteiger partial charge < -0.3 is 25.0 Å². The number of hydrogen-bond acceptors (Lipinski definition) is 7. The monoisotopic (exact) mass is 441 g/mol. The Morgan fingerprint density at radius 2 is 1.97 bits per heavy atom. The lowest BCUT2D eigenvalue weighted by atomic mass is 9.98. The molecule has 5 rings (SSSR count). The molecule has 0 unspecified atom stereocenters. The molecule has 3 aliphatic heterocycles. The Morgan fingerprint density at radius 1 is 1.29 bits per heavy atom. The average molecular weight is 441 g/mol. The standard InChI is InChI=1S/C19H19F4N5O3/c1-24-16-12(19(21,22)23)6-25-18(27-16)26-14-5-13(20)11(4-15(14)30-2)17(29)28-7-9-3-10(8-28)31-9/h4-6,9-10H,3,7-8H2,1-2H3,(H2,24,25,26,27)/t9-,10+. The number of hydrogen-bond donors (Lipinski definition) is 2. The number of anilines is 3. The minimum atomic E-state index is -4.64. The molecule has 1 aromatic carbocycles. The lowest BCUT2D eigenvalue weighted by molar-refractivity contribution is -0.171. The Bertz CT molecular complexity index is 1000. The van der Waals surface area contributed by atoms with E-state index in [0.29, 0.717) is 19.3 Å². The van der Waals surface area contributed by atoms with Crippen LogP contribution >= 0.6 is 0 Å². The van der Waals surface area contributed by atoms with E-state index in [9.17, 15) is 22.4 Å². The second-order valence-electron chi connectivity index (χ2n) is 7.19. The fourth-order valence-electron chi connectivity index (χ4n) is 3.64. The highest BCUT2D eigenvalue weighted by Gasteiger charge is 2.41. The van der Waals surface area contributed by atoms with Crippen LogP contribution in [-0.2, 0) is 10.9 Å². The minimum Gasteiger partial charge on any atom is -0.495 e. The van der Waals surface area contributed by atoms with Crippen LogP contribution in [0.4, 0.5) is 35.0 Å². The molecule has 1 aromatic heterocycles. The molecule has 2 atom stereocenters. The molecule has 8 nitrogen and oxygen atoms in total. The van der Waals surface area contributed by atoms with Gasteiger partial charge in [-0.3, -0.25) is 4.79 Å². The van der Waals surface area contributed by atoms with E-state index in [-0.39, 0.29) is 35.2 Å². The van der Waals surface area contributed by atoms with Gasteiger partial charge in [-0.25, -0.2) is 9.37 Å². The maximum atomic E-state index is 14.8. The summed E-state index contributed by atoms with van der Waals surface area (Å²) in [6.45, 7) is 0.784. The molecule has 3 fully saturated rings. The lowest BCUT2D eigenvalue weighted by Gasteiger charge is -2.47. The van der Waals surface area contributed by atoms with Crippen LogP contribution in [0, 0.1) is 5.82 Å². The molecule has 3 saturated heterocycles. The molecule has 0 radical (unpaired) electrons. The van der Waals surface area contributed by atoms with Crippen molar-refractivity contribution >= 4 is 23.4 Å². The fraction of sp³-hybridized carbons (Fsp3) is 0.421. The number of aromatic nitrogens is 2. The van der Waals surface area contributed by atoms with Crippen molar-refractivity contribution in [2.45, 2.75) is 24.8 Å². The third-order valence-corrected chi connectivity index (χ3v) is 5.14. The number of ether oxygens (including phenoxy) is 2. The van der Waals surface area contributed by atoms with Crippen LogP contribution in [-0.4, -0.2) is 60.2 Å². The summed E-state index contributed by atoms with van der Waals surface area (Å²) >= 11 is 0. The number of methoxy groups -OCH3 is 1. The Labute approximate surface area is 174 Å². The van der Waals surface area contributed by atoms with Crippen LogP contribution in [0.5, 0.6) is 5.75 Å². The van der Waals surface area contributed by atoms with Gasteiger partial charge in [-0.2, -0.15) is 18.2 Å². The molecule has 2 aromatic rings. The highest BCUT2D eigenvalue weighted by atomic mass is 19.4. The topological polar surface area (TPSA) is 88.6 Å². The van der Waals surface area contributed by atoms with E-state index >= 15 is 0 Å². The number of alkyl halides is 3. The van der Waals surface area contributed by atoms with Gasteiger partial charge in [0.25, 0.3) is 5.91 Å². The second kappa shape index (κ2) is 7.84. The molecule has 0 saturated carbocycles. The molecule has 3 aliphatic rings. The SMILES string of the molecule is CNc1nc(Nc2cc(F)c(C(=O)N3C[C@H]4C[C@@H](C3)O4)cc2OC)ncc1C(F)(F)F. The van der Waals surface area contributed by atoms with Crippen molar-refractivity contribution in [2.75, 3.05) is 37.9 Å². The van der Waals surface area contributed by atoms with Gasteiger partial charge in [-0.15, -0.1) is 0 Å². The van der Waals surface area contributed by atoms with Crippen LogP contribution in [0.1, 0.15) is 22.3 Å². The molecule has 4 heterocycles. The van der Waals surface area contributed by atoms with Crippen LogP contribution < -0.4 is 15.4 Å². The van der Waals surface area contributed by atoms with E-state index < -0.39 is 29.3 Å². The summed E-state index contributed by atoms with van der Waals surface area (Å²) in [5, 5.41) is 5.00. The molecular formula is C19H19F4N5O3. The summed E-state index contributed by atoms with van der Waals surface area (Å²) in [7, 11) is 2.61. The maximum absolute atomic E-state index is 14.8. The number of morpholine rings is 1. The van der Waals surface area contributed by atoms with Gasteiger partial charge in [0.05, 0.1) is 30.6 Å². The van der Waals surface area contributed by atoms with Gasteiger partial charge in [-0.1, -0.05) is 0 Å². The van der Waals surface area contributed by atoms with Crippen molar-refractivity contribution in [1.82, 2.24) is 14.9 Å². The largest absolute Gasteiger partial charge is 0.495 e. The Hall–Kier alpha value is -3.15. The van der Waals surface area contributed by atoms with E-state index in [1.165, 1.54) is 25.1 Å². The molecule has 2 bridgehead atoms. The van der Waals surface area contributed by atoms with Crippen molar-refractivity contribution in [3.8, 4) is 5.75 Å². The van der Waals surface area contributed by atoms with Crippen LogP contribution in [0.25, 0.3) is 0 Å². The number of carbonyl (C=O) groups excluding carboxylic acids is 1. The quantitative estimate of drug-likeness (QED) is 0.690. The summed E-state index contributed by atoms with van der Waals surface area (Å²) in [5.41, 5.74) is -1.15. The van der Waals surface area contributed by atoms with Crippen LogP contribution in [0.3, 0.4) is 0 Å². The molecule has 2 N–H and O–H groups in total. The molecule has 166 valence electrons. The van der Waals surface area contributed by atoms with Crippen molar-refractivity contribution in [2.24, 2.45) is 0 Å². The molecule has 0 aliphatic carbocycles. The molecule has 1 amide bonds. The van der Waals surface area contributed by atoms with Crippen molar-refractivity contribution in [1.29, 1.82) is 0 Å². The normalized spacial score (nSPS) is 20.1. The molecule has 0 spiro atoms. The van der Waals surface area contributed by atoms with Gasteiger partial charge in [0.15, 0.2) is 0 Å². The van der Waals surface area contributed by atoms with Gasteiger partial charge in [0, 0.05) is 38.8 Å². The van der Waals surface area contributed by atoms with Gasteiger partial charge in [0.2, 0.25) is 5.95 Å². The summed E-state index contributed by atoms with van der Waals surface area (Å²) in [4.78, 5) is 21.7. The predicted octanol–water partition coefficient (Wildman–Crippen LogP) is 3.04. The average Bonchev–Trinajstić information content (AvgIpc) is 2.72. The van der Waals surface area contributed by atoms with E-state index in [0.717, 1.165) is 12.5 Å². The number of halogens is 4. The highest BCUT2D eigenvalue weighted by molar-refractivity contribution is 5.96. The number of amides is 1. The highest BCUT2D eigenvalue weighted by Crippen LogP contribution is 2.36. The van der Waals surface area contributed by atoms with Crippen LogP contribution in [0.2, 0.25) is 0 Å². The minimum absolute atomic E-state index is 0.0215. The summed E-state index contributed by atoms with van der Waals surface area (Å²) in [5.74, 6) is -1.83. The third kappa shape index (κ3) is 4.07. The molecule has 31 heavy (non-hydrogen) atoms. The third-order valence-electron chi connectivity index (χ3n) is 5.14. The smallest absolute Gasteiger partial charge is 0.421 e. The first-order valence-electron chi connectivity index (χ1n) is 9.41. The first kappa shape index (κ1) is 21.1. The predicted molar refractivity (Wildman–Crippen MR) is 102 cm³/mol. The van der Waals surface area contributed by atoms with E-state index in [4.69, 9.17) is 9.47 Å². The molecule has 12 heteroatoms. The summed E-state index contributed by atoms with van der Waals surface area (Å²) in [6, 6.07) is 2.26. The summed E-state index contributed by atoms with van der Waals surface area (Å²) in [6.07, 6.45) is -3.17. The molecular weight excluding hydrogens is 422 g/mol. The van der Waals surface area contributed by atoms with Crippen LogP contribution in [0.15, 0.2) is 18.3 Å². The number of piperidine rings is 1. The fourth-order valence-corrected chi connectivity index (χ4v) is 3.64. The van der Waals surface area contributed by atoms with Gasteiger partial charge in [-0.05, 0) is 6.07 Å². The van der Waals surface area contributed by atoms with Crippen molar-refractivity contribution in [3.05, 3.63) is 35.3 Å². The van der Waals surface area contributed by atoms with Crippen molar-refractivity contribution < 1.29 is 31.8 Å². The Balaban J connectivity index is 1.59. The van der Waals surface area contributed by atoms with Gasteiger partial charge in [0.1, 0.15) is 22.9 Å². The first-order chi connectivity index (χ1) is 14.7. The maximum Gasteiger partial charge on any atom is 0.421 e. The number of carbonyl (C=O) groups is 1. The first-order valence-corrected chi connectivity index (χ1v) is 9.41. The number of fused-ring (bicyclic) bond motifs is 2. The van der Waals surface area contributed by atoms with E-state index in [2.05, 4.69) is 20.6 Å². The zero-order valence-corrected chi connectivity index (χ0v) is 16.6. The zero-order valence-electron chi connectivity index (χ0n) is 16.6.